The summed E-state index contributed by atoms with van der Waals surface area (Å²) in [6.45, 7) is 5.17. The van der Waals surface area contributed by atoms with E-state index in [0.29, 0.717) is 13.0 Å². The van der Waals surface area contributed by atoms with Crippen LogP contribution < -0.4 is 0 Å². The number of ether oxygens (including phenoxy) is 2. The molecule has 1 unspecified atom stereocenters. The summed E-state index contributed by atoms with van der Waals surface area (Å²) in [5.41, 5.74) is 0. The Labute approximate surface area is 390 Å². The molecule has 0 radical (unpaired) electrons. The molecule has 4 heteroatoms. The highest BCUT2D eigenvalue weighted by molar-refractivity contribution is 5.69. The summed E-state index contributed by atoms with van der Waals surface area (Å²) in [6, 6.07) is 0. The first-order valence-corrected chi connectivity index (χ1v) is 26.1. The maximum Gasteiger partial charge on any atom is 0.306 e. The second-order valence-corrected chi connectivity index (χ2v) is 16.9. The topological polar surface area (TPSA) is 55.8 Å². The molecule has 0 saturated carbocycles. The van der Waals surface area contributed by atoms with Gasteiger partial charge >= 0.3 is 5.97 Å². The van der Waals surface area contributed by atoms with Gasteiger partial charge < -0.3 is 14.6 Å². The second kappa shape index (κ2) is 54.9. The number of rotatable bonds is 47. The van der Waals surface area contributed by atoms with Crippen LogP contribution in [0, 0.1) is 0 Å². The maximum absolute atomic E-state index is 12.3. The van der Waals surface area contributed by atoms with Gasteiger partial charge in [0, 0.05) is 13.0 Å². The molecule has 4 nitrogen and oxygen atoms in total. The molecule has 0 bridgehead atoms. The molecule has 0 fully saturated rings. The SMILES string of the molecule is CC/C=C\C/C=C\C/C=C\C/C=C\C/C=C\C/C=C\C/C=C\CCCCCC(=O)OC(CO)COCCCCCCCCCCCCC/C=C\C/C=C\C/C=C\CCCCCCC. The Morgan fingerprint density at radius 1 is 0.397 bits per heavy atom. The summed E-state index contributed by atoms with van der Waals surface area (Å²) in [7, 11) is 0. The van der Waals surface area contributed by atoms with E-state index >= 15 is 0 Å². The van der Waals surface area contributed by atoms with Gasteiger partial charge in [-0.3, -0.25) is 4.79 Å². The van der Waals surface area contributed by atoms with Crippen molar-refractivity contribution in [1.29, 1.82) is 0 Å². The number of unbranched alkanes of at least 4 members (excludes halogenated alkanes) is 19. The Morgan fingerprint density at radius 2 is 0.714 bits per heavy atom. The lowest BCUT2D eigenvalue weighted by molar-refractivity contribution is -0.154. The number of aliphatic hydroxyl groups is 1. The van der Waals surface area contributed by atoms with E-state index < -0.39 is 6.10 Å². The minimum Gasteiger partial charge on any atom is -0.457 e. The molecule has 0 rings (SSSR count). The Bertz CT molecular complexity index is 1240. The Hall–Kier alpha value is -3.21. The molecular formula is C59H98O4. The molecule has 1 atom stereocenters. The second-order valence-electron chi connectivity index (χ2n) is 16.9. The third kappa shape index (κ3) is 53.0. The molecule has 63 heavy (non-hydrogen) atoms. The van der Waals surface area contributed by atoms with Gasteiger partial charge in [0.2, 0.25) is 0 Å². The normalized spacial score (nSPS) is 13.4. The zero-order chi connectivity index (χ0) is 45.5. The predicted octanol–water partition coefficient (Wildman–Crippen LogP) is 18.0. The van der Waals surface area contributed by atoms with Crippen LogP contribution in [0.25, 0.3) is 0 Å². The summed E-state index contributed by atoms with van der Waals surface area (Å²) in [5.74, 6) is -0.237. The fourth-order valence-corrected chi connectivity index (χ4v) is 6.90. The van der Waals surface area contributed by atoms with Gasteiger partial charge in [-0.15, -0.1) is 0 Å². The molecule has 358 valence electrons. The van der Waals surface area contributed by atoms with E-state index in [4.69, 9.17) is 9.47 Å². The van der Waals surface area contributed by atoms with Crippen molar-refractivity contribution in [2.24, 2.45) is 0 Å². The van der Waals surface area contributed by atoms with Gasteiger partial charge in [-0.25, -0.2) is 0 Å². The first-order chi connectivity index (χ1) is 31.2. The van der Waals surface area contributed by atoms with Crippen LogP contribution >= 0.6 is 0 Å². The summed E-state index contributed by atoms with van der Waals surface area (Å²) >= 11 is 0. The molecule has 0 aliphatic rings. The summed E-state index contributed by atoms with van der Waals surface area (Å²) in [4.78, 5) is 12.3. The van der Waals surface area contributed by atoms with Crippen molar-refractivity contribution in [2.45, 2.75) is 225 Å². The van der Waals surface area contributed by atoms with E-state index in [1.807, 2.05) is 0 Å². The van der Waals surface area contributed by atoms with E-state index in [-0.39, 0.29) is 19.2 Å². The third-order valence-corrected chi connectivity index (χ3v) is 10.8. The van der Waals surface area contributed by atoms with Crippen LogP contribution in [0.15, 0.2) is 122 Å². The van der Waals surface area contributed by atoms with Crippen molar-refractivity contribution < 1.29 is 19.4 Å². The number of hydrogen-bond donors (Lipinski definition) is 1. The lowest BCUT2D eigenvalue weighted by atomic mass is 10.1. The molecule has 0 aliphatic heterocycles. The lowest BCUT2D eigenvalue weighted by Gasteiger charge is -2.15. The monoisotopic (exact) mass is 871 g/mol. The van der Waals surface area contributed by atoms with Crippen molar-refractivity contribution in [2.75, 3.05) is 19.8 Å². The molecule has 0 aromatic rings. The molecule has 0 spiro atoms. The fraction of sp³-hybridized carbons (Fsp3) is 0.644. The molecule has 0 amide bonds. The average Bonchev–Trinajstić information content (AvgIpc) is 3.29. The average molecular weight is 871 g/mol. The van der Waals surface area contributed by atoms with Gasteiger partial charge in [0.1, 0.15) is 6.10 Å². The van der Waals surface area contributed by atoms with Crippen molar-refractivity contribution in [3.05, 3.63) is 122 Å². The van der Waals surface area contributed by atoms with Gasteiger partial charge in [-0.1, -0.05) is 225 Å². The highest BCUT2D eigenvalue weighted by Gasteiger charge is 2.13. The first kappa shape index (κ1) is 59.8. The number of aliphatic hydroxyl groups excluding tert-OH is 1. The van der Waals surface area contributed by atoms with Crippen LogP contribution in [0.4, 0.5) is 0 Å². The number of allylic oxidation sites excluding steroid dienone is 20. The van der Waals surface area contributed by atoms with Crippen LogP contribution in [-0.2, 0) is 14.3 Å². The van der Waals surface area contributed by atoms with Gasteiger partial charge in [0.15, 0.2) is 0 Å². The number of carbonyl (C=O) groups is 1. The molecule has 0 aromatic carbocycles. The van der Waals surface area contributed by atoms with E-state index in [0.717, 1.165) is 89.9 Å². The zero-order valence-electron chi connectivity index (χ0n) is 41.0. The van der Waals surface area contributed by atoms with E-state index in [1.165, 1.54) is 109 Å². The minimum atomic E-state index is -0.564. The van der Waals surface area contributed by atoms with Gasteiger partial charge in [0.05, 0.1) is 13.2 Å². The summed E-state index contributed by atoms with van der Waals surface area (Å²) in [5, 5.41) is 9.66. The lowest BCUT2D eigenvalue weighted by Crippen LogP contribution is -2.27. The molecule has 0 heterocycles. The van der Waals surface area contributed by atoms with Gasteiger partial charge in [0.25, 0.3) is 0 Å². The zero-order valence-corrected chi connectivity index (χ0v) is 41.0. The molecule has 0 aromatic heterocycles. The van der Waals surface area contributed by atoms with Crippen LogP contribution in [-0.4, -0.2) is 37.0 Å². The van der Waals surface area contributed by atoms with Crippen molar-refractivity contribution in [3.8, 4) is 0 Å². The van der Waals surface area contributed by atoms with E-state index in [1.54, 1.807) is 0 Å². The number of esters is 1. The standard InChI is InChI=1S/C59H98O4/c1-3-5-7-9-11-13-15-17-19-21-23-25-27-29-31-33-35-37-39-41-43-45-47-49-51-53-55-62-57-58(56-60)63-59(61)54-52-50-48-46-44-42-40-38-36-34-32-30-28-26-24-22-20-18-16-14-12-10-8-6-4-2/h6,8,12,14-15,17-18,20-21,23-24,26-27,29-30,32,36,38,42,44,58,60H,3-5,7,9-11,13,16,19,22,25,28,31,33-35,37,39-41,43,45-57H2,1-2H3/b8-6-,14-12-,17-15-,20-18-,23-21-,26-24-,29-27-,32-30-,38-36-,44-42-. The summed E-state index contributed by atoms with van der Waals surface area (Å²) < 4.78 is 11.2. The Balaban J connectivity index is 3.54. The van der Waals surface area contributed by atoms with E-state index in [2.05, 4.69) is 135 Å². The van der Waals surface area contributed by atoms with E-state index in [9.17, 15) is 9.90 Å². The minimum absolute atomic E-state index is 0.194. The van der Waals surface area contributed by atoms with Gasteiger partial charge in [-0.05, 0) is 109 Å². The van der Waals surface area contributed by atoms with Crippen LogP contribution in [0.2, 0.25) is 0 Å². The van der Waals surface area contributed by atoms with Crippen molar-refractivity contribution in [1.82, 2.24) is 0 Å². The van der Waals surface area contributed by atoms with Gasteiger partial charge in [-0.2, -0.15) is 0 Å². The number of carbonyl (C=O) groups excluding carboxylic acids is 1. The summed E-state index contributed by atoms with van der Waals surface area (Å²) in [6.07, 6.45) is 81.4. The smallest absolute Gasteiger partial charge is 0.306 e. The fourth-order valence-electron chi connectivity index (χ4n) is 6.90. The van der Waals surface area contributed by atoms with Crippen LogP contribution in [0.5, 0.6) is 0 Å². The number of hydrogen-bond acceptors (Lipinski definition) is 4. The van der Waals surface area contributed by atoms with Crippen LogP contribution in [0.3, 0.4) is 0 Å². The third-order valence-electron chi connectivity index (χ3n) is 10.8. The Kier molecular flexibility index (Phi) is 52.1. The largest absolute Gasteiger partial charge is 0.457 e. The quantitative estimate of drug-likeness (QED) is 0.0376. The molecule has 1 N–H and O–H groups in total. The van der Waals surface area contributed by atoms with Crippen LogP contribution in [0.1, 0.15) is 219 Å². The van der Waals surface area contributed by atoms with Crippen molar-refractivity contribution in [3.63, 3.8) is 0 Å². The molecule has 0 saturated heterocycles. The maximum atomic E-state index is 12.3. The molecule has 0 aliphatic carbocycles. The highest BCUT2D eigenvalue weighted by atomic mass is 16.6. The Morgan fingerprint density at radius 3 is 1.08 bits per heavy atom. The molecular weight excluding hydrogens is 773 g/mol. The highest BCUT2D eigenvalue weighted by Crippen LogP contribution is 2.13. The first-order valence-electron chi connectivity index (χ1n) is 26.1. The van der Waals surface area contributed by atoms with Crippen molar-refractivity contribution >= 4 is 5.97 Å². The predicted molar refractivity (Wildman–Crippen MR) is 278 cm³/mol.